The van der Waals surface area contributed by atoms with Crippen LogP contribution in [0.5, 0.6) is 0 Å². The van der Waals surface area contributed by atoms with Gasteiger partial charge in [0.1, 0.15) is 0 Å². The minimum Gasteiger partial charge on any atom is -0.379 e. The fraction of sp³-hybridized carbons (Fsp3) is 0.526. The van der Waals surface area contributed by atoms with Crippen molar-refractivity contribution in [1.29, 1.82) is 0 Å². The SMILES string of the molecule is CC(=O)c1ccc(NC(=O)C2CC(=O)N(CCN3CCOCC3)C2)cc1. The Morgan fingerprint density at radius 2 is 1.85 bits per heavy atom. The lowest BCUT2D eigenvalue weighted by Crippen LogP contribution is -2.42. The monoisotopic (exact) mass is 359 g/mol. The van der Waals surface area contributed by atoms with Crippen LogP contribution in [0.1, 0.15) is 23.7 Å². The van der Waals surface area contributed by atoms with Gasteiger partial charge in [0.15, 0.2) is 5.78 Å². The first-order valence-electron chi connectivity index (χ1n) is 9.02. The summed E-state index contributed by atoms with van der Waals surface area (Å²) in [6, 6.07) is 6.79. The molecule has 3 rings (SSSR count). The number of ketones is 1. The van der Waals surface area contributed by atoms with Crippen molar-refractivity contribution in [3.05, 3.63) is 29.8 Å². The summed E-state index contributed by atoms with van der Waals surface area (Å²) in [7, 11) is 0. The Morgan fingerprint density at radius 3 is 2.50 bits per heavy atom. The number of ether oxygens (including phenoxy) is 1. The first kappa shape index (κ1) is 18.5. The van der Waals surface area contributed by atoms with E-state index in [-0.39, 0.29) is 29.9 Å². The van der Waals surface area contributed by atoms with Gasteiger partial charge in [-0.15, -0.1) is 0 Å². The van der Waals surface area contributed by atoms with Crippen molar-refractivity contribution in [2.75, 3.05) is 51.3 Å². The van der Waals surface area contributed by atoms with Crippen LogP contribution in [-0.4, -0.2) is 73.3 Å². The molecule has 0 radical (unpaired) electrons. The summed E-state index contributed by atoms with van der Waals surface area (Å²) in [5, 5.41) is 2.84. The number of nitrogens with zero attached hydrogens (tertiary/aromatic N) is 2. The summed E-state index contributed by atoms with van der Waals surface area (Å²) < 4.78 is 5.32. The smallest absolute Gasteiger partial charge is 0.229 e. The summed E-state index contributed by atoms with van der Waals surface area (Å²) in [6.45, 7) is 6.68. The van der Waals surface area contributed by atoms with E-state index in [1.54, 1.807) is 29.2 Å². The lowest BCUT2D eigenvalue weighted by atomic mass is 10.1. The molecule has 2 saturated heterocycles. The standard InChI is InChI=1S/C19H25N3O4/c1-14(23)15-2-4-17(5-3-15)20-19(25)16-12-18(24)22(13-16)7-6-21-8-10-26-11-9-21/h2-5,16H,6-13H2,1H3,(H,20,25). The van der Waals surface area contributed by atoms with Gasteiger partial charge in [-0.3, -0.25) is 19.3 Å². The minimum absolute atomic E-state index is 0.0137. The molecule has 0 saturated carbocycles. The maximum absolute atomic E-state index is 12.4. The molecule has 7 heteroatoms. The van der Waals surface area contributed by atoms with E-state index in [9.17, 15) is 14.4 Å². The highest BCUT2D eigenvalue weighted by atomic mass is 16.5. The second kappa shape index (κ2) is 8.42. The van der Waals surface area contributed by atoms with Crippen LogP contribution in [0.4, 0.5) is 5.69 Å². The van der Waals surface area contributed by atoms with E-state index in [2.05, 4.69) is 10.2 Å². The first-order chi connectivity index (χ1) is 12.5. The van der Waals surface area contributed by atoms with E-state index in [1.807, 2.05) is 0 Å². The normalized spacial score (nSPS) is 21.0. The van der Waals surface area contributed by atoms with Crippen LogP contribution >= 0.6 is 0 Å². The summed E-state index contributed by atoms with van der Waals surface area (Å²) in [6.07, 6.45) is 0.250. The second-order valence-electron chi connectivity index (χ2n) is 6.82. The fourth-order valence-electron chi connectivity index (χ4n) is 3.28. The number of hydrogen-bond acceptors (Lipinski definition) is 5. The number of benzene rings is 1. The maximum atomic E-state index is 12.4. The molecule has 1 atom stereocenters. The van der Waals surface area contributed by atoms with Crippen LogP contribution in [-0.2, 0) is 14.3 Å². The number of carbonyl (C=O) groups is 3. The Morgan fingerprint density at radius 1 is 1.15 bits per heavy atom. The number of carbonyl (C=O) groups excluding carboxylic acids is 3. The molecule has 2 fully saturated rings. The zero-order valence-corrected chi connectivity index (χ0v) is 15.1. The Balaban J connectivity index is 1.49. The number of hydrogen-bond donors (Lipinski definition) is 1. The van der Waals surface area contributed by atoms with Crippen molar-refractivity contribution in [3.8, 4) is 0 Å². The van der Waals surface area contributed by atoms with Crippen LogP contribution in [0, 0.1) is 5.92 Å². The number of likely N-dealkylation sites (tertiary alicyclic amines) is 1. The number of morpholine rings is 1. The van der Waals surface area contributed by atoms with Gasteiger partial charge in [-0.2, -0.15) is 0 Å². The molecule has 1 aromatic carbocycles. The van der Waals surface area contributed by atoms with Crippen molar-refractivity contribution >= 4 is 23.3 Å². The van der Waals surface area contributed by atoms with E-state index < -0.39 is 0 Å². The molecule has 140 valence electrons. The molecule has 0 spiro atoms. The minimum atomic E-state index is -0.334. The molecule has 0 aromatic heterocycles. The lowest BCUT2D eigenvalue weighted by Gasteiger charge is -2.28. The number of nitrogens with one attached hydrogen (secondary N) is 1. The van der Waals surface area contributed by atoms with Crippen LogP contribution in [0.2, 0.25) is 0 Å². The predicted octanol–water partition coefficient (Wildman–Crippen LogP) is 1.01. The zero-order valence-electron chi connectivity index (χ0n) is 15.1. The van der Waals surface area contributed by atoms with Crippen molar-refractivity contribution in [1.82, 2.24) is 9.80 Å². The first-order valence-corrected chi connectivity index (χ1v) is 9.02. The molecule has 1 unspecified atom stereocenters. The summed E-state index contributed by atoms with van der Waals surface area (Å²) in [5.41, 5.74) is 1.24. The number of amides is 2. The molecular formula is C19H25N3O4. The molecule has 2 aliphatic rings. The molecule has 0 bridgehead atoms. The van der Waals surface area contributed by atoms with Crippen LogP contribution < -0.4 is 5.32 Å². The summed E-state index contributed by atoms with van der Waals surface area (Å²) in [4.78, 5) is 40.0. The van der Waals surface area contributed by atoms with Crippen molar-refractivity contribution < 1.29 is 19.1 Å². The van der Waals surface area contributed by atoms with Crippen LogP contribution in [0.15, 0.2) is 24.3 Å². The highest BCUT2D eigenvalue weighted by Gasteiger charge is 2.34. The number of rotatable bonds is 6. The average Bonchev–Trinajstić information content (AvgIpc) is 3.02. The van der Waals surface area contributed by atoms with Gasteiger partial charge in [0.05, 0.1) is 19.1 Å². The largest absolute Gasteiger partial charge is 0.379 e. The molecule has 26 heavy (non-hydrogen) atoms. The van der Waals surface area contributed by atoms with Crippen LogP contribution in [0.25, 0.3) is 0 Å². The van der Waals surface area contributed by atoms with Crippen molar-refractivity contribution in [2.45, 2.75) is 13.3 Å². The third-order valence-corrected chi connectivity index (χ3v) is 4.93. The van der Waals surface area contributed by atoms with Gasteiger partial charge in [0.2, 0.25) is 11.8 Å². The molecule has 2 aliphatic heterocycles. The van der Waals surface area contributed by atoms with Crippen molar-refractivity contribution in [2.24, 2.45) is 5.92 Å². The van der Waals surface area contributed by atoms with E-state index in [0.717, 1.165) is 32.8 Å². The van der Waals surface area contributed by atoms with E-state index in [0.29, 0.717) is 24.3 Å². The van der Waals surface area contributed by atoms with E-state index in [1.165, 1.54) is 6.92 Å². The quantitative estimate of drug-likeness (QED) is 0.767. The zero-order chi connectivity index (χ0) is 18.5. The highest BCUT2D eigenvalue weighted by Crippen LogP contribution is 2.20. The predicted molar refractivity (Wildman–Crippen MR) is 97.0 cm³/mol. The van der Waals surface area contributed by atoms with Gasteiger partial charge in [0, 0.05) is 50.4 Å². The summed E-state index contributed by atoms with van der Waals surface area (Å²) >= 11 is 0. The Labute approximate surface area is 153 Å². The van der Waals surface area contributed by atoms with Gasteiger partial charge in [-0.25, -0.2) is 0 Å². The third kappa shape index (κ3) is 4.68. The van der Waals surface area contributed by atoms with Crippen LogP contribution in [0.3, 0.4) is 0 Å². The Hall–Kier alpha value is -2.25. The molecule has 2 amide bonds. The molecule has 7 nitrogen and oxygen atoms in total. The Bertz CT molecular complexity index is 668. The third-order valence-electron chi connectivity index (χ3n) is 4.93. The van der Waals surface area contributed by atoms with Gasteiger partial charge >= 0.3 is 0 Å². The number of anilines is 1. The van der Waals surface area contributed by atoms with Gasteiger partial charge < -0.3 is 15.0 Å². The molecule has 2 heterocycles. The van der Waals surface area contributed by atoms with E-state index in [4.69, 9.17) is 4.74 Å². The number of Topliss-reactive ketones (excluding diaryl/α,β-unsaturated/α-hetero) is 1. The van der Waals surface area contributed by atoms with E-state index >= 15 is 0 Å². The second-order valence-corrected chi connectivity index (χ2v) is 6.82. The molecule has 1 N–H and O–H groups in total. The maximum Gasteiger partial charge on any atom is 0.229 e. The molecule has 0 aliphatic carbocycles. The summed E-state index contributed by atoms with van der Waals surface area (Å²) in [5.74, 6) is -0.465. The molecular weight excluding hydrogens is 334 g/mol. The fourth-order valence-corrected chi connectivity index (χ4v) is 3.28. The average molecular weight is 359 g/mol. The highest BCUT2D eigenvalue weighted by molar-refractivity contribution is 5.98. The van der Waals surface area contributed by atoms with Gasteiger partial charge in [-0.1, -0.05) is 0 Å². The van der Waals surface area contributed by atoms with Gasteiger partial charge in [-0.05, 0) is 31.2 Å². The topological polar surface area (TPSA) is 79.0 Å². The van der Waals surface area contributed by atoms with Crippen molar-refractivity contribution in [3.63, 3.8) is 0 Å². The Kier molecular flexibility index (Phi) is 6.00. The lowest BCUT2D eigenvalue weighted by molar-refractivity contribution is -0.128. The van der Waals surface area contributed by atoms with Gasteiger partial charge in [0.25, 0.3) is 0 Å². The molecule has 1 aromatic rings.